The fraction of sp³-hybridized carbons (Fsp3) is 0.455. The molecule has 2 rings (SSSR count). The molecule has 0 bridgehead atoms. The van der Waals surface area contributed by atoms with Crippen LogP contribution in [0.5, 0.6) is 11.5 Å². The van der Waals surface area contributed by atoms with Crippen molar-refractivity contribution >= 4 is 11.8 Å². The van der Waals surface area contributed by atoms with E-state index < -0.39 is 0 Å². The van der Waals surface area contributed by atoms with E-state index in [1.165, 1.54) is 0 Å². The van der Waals surface area contributed by atoms with E-state index in [9.17, 15) is 5.11 Å². The van der Waals surface area contributed by atoms with Crippen LogP contribution in [0, 0.1) is 0 Å². The molecule has 1 aromatic carbocycles. The number of phenols is 1. The summed E-state index contributed by atoms with van der Waals surface area (Å²) in [6.45, 7) is 2.16. The average Bonchev–Trinajstić information content (AvgIpc) is 2.65. The smallest absolute Gasteiger partial charge is 0.160 e. The Morgan fingerprint density at radius 1 is 1.53 bits per heavy atom. The van der Waals surface area contributed by atoms with Gasteiger partial charge >= 0.3 is 0 Å². The topological polar surface area (TPSA) is 41.5 Å². The molecule has 0 saturated carbocycles. The van der Waals surface area contributed by atoms with Gasteiger partial charge in [-0.05, 0) is 24.6 Å². The fourth-order valence-corrected chi connectivity index (χ4v) is 2.90. The number of thioether (sulfide) groups is 1. The molecule has 1 heterocycles. The van der Waals surface area contributed by atoms with Crippen LogP contribution in [0.2, 0.25) is 0 Å². The molecule has 1 saturated heterocycles. The Kier molecular flexibility index (Phi) is 3.07. The Labute approximate surface area is 93.8 Å². The summed E-state index contributed by atoms with van der Waals surface area (Å²) in [7, 11) is 1.55. The van der Waals surface area contributed by atoms with Gasteiger partial charge in [0.1, 0.15) is 0 Å². The molecule has 0 aromatic heterocycles. The number of rotatable bonds is 2. The number of ether oxygens (including phenoxy) is 1. The van der Waals surface area contributed by atoms with Crippen molar-refractivity contribution in [3.05, 3.63) is 23.8 Å². The Hall–Kier alpha value is -0.870. The van der Waals surface area contributed by atoms with E-state index in [-0.39, 0.29) is 11.1 Å². The van der Waals surface area contributed by atoms with Crippen LogP contribution in [0.4, 0.5) is 0 Å². The first-order chi connectivity index (χ1) is 7.20. The van der Waals surface area contributed by atoms with E-state index in [4.69, 9.17) is 4.74 Å². The van der Waals surface area contributed by atoms with Crippen LogP contribution in [0.3, 0.4) is 0 Å². The summed E-state index contributed by atoms with van der Waals surface area (Å²) in [6, 6.07) is 6.09. The molecule has 2 unspecified atom stereocenters. The molecule has 2 atom stereocenters. The van der Waals surface area contributed by atoms with Crippen molar-refractivity contribution in [2.24, 2.45) is 0 Å². The monoisotopic (exact) mass is 225 g/mol. The summed E-state index contributed by atoms with van der Waals surface area (Å²) in [5, 5.41) is 13.4. The van der Waals surface area contributed by atoms with E-state index >= 15 is 0 Å². The van der Waals surface area contributed by atoms with Gasteiger partial charge in [-0.2, -0.15) is 0 Å². The molecular formula is C11H15NO2S. The van der Waals surface area contributed by atoms with Crippen molar-refractivity contribution < 1.29 is 9.84 Å². The first kappa shape index (κ1) is 10.6. The maximum atomic E-state index is 9.66. The van der Waals surface area contributed by atoms with E-state index in [1.807, 2.05) is 17.8 Å². The van der Waals surface area contributed by atoms with Gasteiger partial charge in [0.25, 0.3) is 0 Å². The maximum absolute atomic E-state index is 9.66. The fourth-order valence-electron chi connectivity index (χ4n) is 1.66. The number of methoxy groups -OCH3 is 1. The van der Waals surface area contributed by atoms with Crippen LogP contribution in [-0.2, 0) is 0 Å². The van der Waals surface area contributed by atoms with Crippen LogP contribution >= 0.6 is 11.8 Å². The number of hydrogen-bond donors (Lipinski definition) is 2. The third-order valence-electron chi connectivity index (χ3n) is 2.45. The lowest BCUT2D eigenvalue weighted by Gasteiger charge is -2.12. The van der Waals surface area contributed by atoms with Crippen molar-refractivity contribution in [1.82, 2.24) is 5.32 Å². The normalized spacial score (nSPS) is 25.5. The zero-order valence-electron chi connectivity index (χ0n) is 8.86. The van der Waals surface area contributed by atoms with Gasteiger partial charge in [0, 0.05) is 11.8 Å². The molecule has 82 valence electrons. The van der Waals surface area contributed by atoms with Gasteiger partial charge in [-0.15, -0.1) is 11.8 Å². The Balaban J connectivity index is 2.19. The van der Waals surface area contributed by atoms with Gasteiger partial charge in [-0.25, -0.2) is 0 Å². The number of nitrogens with one attached hydrogen (secondary N) is 1. The zero-order valence-corrected chi connectivity index (χ0v) is 9.67. The molecule has 15 heavy (non-hydrogen) atoms. The molecule has 3 nitrogen and oxygen atoms in total. The van der Waals surface area contributed by atoms with Gasteiger partial charge < -0.3 is 9.84 Å². The van der Waals surface area contributed by atoms with Gasteiger partial charge in [0.05, 0.1) is 12.5 Å². The van der Waals surface area contributed by atoms with Crippen LogP contribution in [0.1, 0.15) is 17.9 Å². The summed E-state index contributed by atoms with van der Waals surface area (Å²) in [4.78, 5) is 0. The third-order valence-corrected chi connectivity index (χ3v) is 3.89. The lowest BCUT2D eigenvalue weighted by Crippen LogP contribution is -2.21. The zero-order chi connectivity index (χ0) is 10.8. The van der Waals surface area contributed by atoms with E-state index in [0.29, 0.717) is 11.8 Å². The van der Waals surface area contributed by atoms with Crippen molar-refractivity contribution in [3.8, 4) is 11.5 Å². The van der Waals surface area contributed by atoms with Crippen molar-refractivity contribution in [2.75, 3.05) is 12.9 Å². The van der Waals surface area contributed by atoms with Crippen LogP contribution < -0.4 is 10.1 Å². The quantitative estimate of drug-likeness (QED) is 0.809. The molecular weight excluding hydrogens is 210 g/mol. The number of hydrogen-bond acceptors (Lipinski definition) is 4. The first-order valence-electron chi connectivity index (χ1n) is 4.95. The minimum Gasteiger partial charge on any atom is -0.504 e. The molecule has 1 aliphatic heterocycles. The third kappa shape index (κ3) is 2.21. The lowest BCUT2D eigenvalue weighted by molar-refractivity contribution is 0.373. The largest absolute Gasteiger partial charge is 0.504 e. The van der Waals surface area contributed by atoms with Gasteiger partial charge in [-0.3, -0.25) is 5.32 Å². The highest BCUT2D eigenvalue weighted by Crippen LogP contribution is 2.36. The molecule has 0 aliphatic carbocycles. The highest BCUT2D eigenvalue weighted by molar-refractivity contribution is 7.99. The number of aromatic hydroxyl groups is 1. The van der Waals surface area contributed by atoms with Crippen molar-refractivity contribution in [1.29, 1.82) is 0 Å². The minimum atomic E-state index is 0.206. The van der Waals surface area contributed by atoms with Crippen LogP contribution in [-0.4, -0.2) is 24.0 Å². The Morgan fingerprint density at radius 3 is 2.87 bits per heavy atom. The summed E-state index contributed by atoms with van der Waals surface area (Å²) in [5.74, 6) is 1.84. The van der Waals surface area contributed by atoms with Crippen LogP contribution in [0.15, 0.2) is 18.2 Å². The number of phenolic OH excluding ortho intramolecular Hbond substituents is 1. The molecule has 1 fully saturated rings. The second kappa shape index (κ2) is 4.33. The molecule has 0 radical (unpaired) electrons. The Bertz CT molecular complexity index is 356. The van der Waals surface area contributed by atoms with Crippen molar-refractivity contribution in [3.63, 3.8) is 0 Å². The minimum absolute atomic E-state index is 0.206. The Morgan fingerprint density at radius 2 is 2.33 bits per heavy atom. The summed E-state index contributed by atoms with van der Waals surface area (Å²) < 4.78 is 5.01. The van der Waals surface area contributed by atoms with Crippen LogP contribution in [0.25, 0.3) is 0 Å². The molecule has 0 amide bonds. The molecule has 1 aliphatic rings. The summed E-state index contributed by atoms with van der Waals surface area (Å²) >= 11 is 1.86. The maximum Gasteiger partial charge on any atom is 0.160 e. The summed E-state index contributed by atoms with van der Waals surface area (Å²) in [6.07, 6.45) is 0. The van der Waals surface area contributed by atoms with Crippen molar-refractivity contribution in [2.45, 2.75) is 18.3 Å². The highest BCUT2D eigenvalue weighted by Gasteiger charge is 2.22. The predicted molar refractivity (Wildman–Crippen MR) is 62.5 cm³/mol. The molecule has 4 heteroatoms. The highest BCUT2D eigenvalue weighted by atomic mass is 32.2. The number of benzene rings is 1. The van der Waals surface area contributed by atoms with E-state index in [1.54, 1.807) is 19.2 Å². The lowest BCUT2D eigenvalue weighted by atomic mass is 10.2. The predicted octanol–water partition coefficient (Wildman–Crippen LogP) is 2.12. The van der Waals surface area contributed by atoms with Gasteiger partial charge in [0.15, 0.2) is 11.5 Å². The average molecular weight is 225 g/mol. The van der Waals surface area contributed by atoms with E-state index in [0.717, 1.165) is 11.3 Å². The van der Waals surface area contributed by atoms with Gasteiger partial charge in [0.2, 0.25) is 0 Å². The molecule has 0 spiro atoms. The first-order valence-corrected chi connectivity index (χ1v) is 6.00. The molecule has 1 aromatic rings. The standard InChI is InChI=1S/C11H15NO2S/c1-7-6-15-11(12-7)8-3-4-10(14-2)9(13)5-8/h3-5,7,11-13H,6H2,1-2H3. The molecule has 2 N–H and O–H groups in total. The van der Waals surface area contributed by atoms with Gasteiger partial charge in [-0.1, -0.05) is 6.07 Å². The second-order valence-corrected chi connectivity index (χ2v) is 4.85. The van der Waals surface area contributed by atoms with E-state index in [2.05, 4.69) is 12.2 Å². The summed E-state index contributed by atoms with van der Waals surface area (Å²) in [5.41, 5.74) is 1.10. The SMILES string of the molecule is COc1ccc(C2NC(C)CS2)cc1O. The second-order valence-electron chi connectivity index (χ2n) is 3.71.